The summed E-state index contributed by atoms with van der Waals surface area (Å²) >= 11 is 0. The summed E-state index contributed by atoms with van der Waals surface area (Å²) in [5.74, 6) is 0.543. The number of hydrogen-bond acceptors (Lipinski definition) is 9. The summed E-state index contributed by atoms with van der Waals surface area (Å²) < 4.78 is 35.6. The van der Waals surface area contributed by atoms with Crippen molar-refractivity contribution in [3.05, 3.63) is 37.0 Å². The highest BCUT2D eigenvalue weighted by Crippen LogP contribution is 2.53. The first-order valence-corrected chi connectivity index (χ1v) is 22.0. The summed E-state index contributed by atoms with van der Waals surface area (Å²) in [6, 6.07) is 0. The summed E-state index contributed by atoms with van der Waals surface area (Å²) in [7, 11) is 0. The molecule has 9 nitrogen and oxygen atoms in total. The molecule has 6 saturated heterocycles. The Balaban J connectivity index is 0.000000127. The number of esters is 3. The van der Waals surface area contributed by atoms with Crippen LogP contribution in [0.1, 0.15) is 162 Å². The first-order chi connectivity index (χ1) is 26.4. The van der Waals surface area contributed by atoms with Gasteiger partial charge in [-0.2, -0.15) is 0 Å². The highest BCUT2D eigenvalue weighted by Gasteiger charge is 2.56. The lowest BCUT2D eigenvalue weighted by Gasteiger charge is -2.43. The second-order valence-corrected chi connectivity index (χ2v) is 18.6. The largest absolute Gasteiger partial charge is 0.456 e. The predicted molar refractivity (Wildman–Crippen MR) is 209 cm³/mol. The zero-order chi connectivity index (χ0) is 38.8. The van der Waals surface area contributed by atoms with Gasteiger partial charge in [-0.1, -0.05) is 32.6 Å². The molecule has 0 N–H and O–H groups in total. The van der Waals surface area contributed by atoms with E-state index in [9.17, 15) is 14.4 Å². The third-order valence-corrected chi connectivity index (χ3v) is 15.0. The van der Waals surface area contributed by atoms with E-state index in [4.69, 9.17) is 28.4 Å². The topological polar surface area (TPSA) is 107 Å². The van der Waals surface area contributed by atoms with E-state index in [1.807, 2.05) is 0 Å². The molecule has 3 aliphatic carbocycles. The lowest BCUT2D eigenvalue weighted by Crippen LogP contribution is -2.48. The minimum Gasteiger partial charge on any atom is -0.456 e. The van der Waals surface area contributed by atoms with Crippen molar-refractivity contribution in [3.63, 3.8) is 0 Å². The first-order valence-electron chi connectivity index (χ1n) is 22.0. The van der Waals surface area contributed by atoms with Crippen LogP contribution in [0.15, 0.2) is 37.0 Å². The third kappa shape index (κ3) is 8.69. The molecule has 0 amide bonds. The van der Waals surface area contributed by atoms with Crippen LogP contribution in [0.4, 0.5) is 0 Å². The Morgan fingerprint density at radius 1 is 0.509 bits per heavy atom. The van der Waals surface area contributed by atoms with Crippen LogP contribution in [0.25, 0.3) is 0 Å². The minimum atomic E-state index is -0.270. The number of rotatable bonds is 9. The van der Waals surface area contributed by atoms with Crippen LogP contribution in [-0.2, 0) is 42.8 Å². The molecule has 3 saturated carbocycles. The van der Waals surface area contributed by atoms with Crippen molar-refractivity contribution in [3.8, 4) is 0 Å². The van der Waals surface area contributed by atoms with Crippen LogP contribution in [-0.4, -0.2) is 71.3 Å². The molecule has 6 heterocycles. The van der Waals surface area contributed by atoms with Gasteiger partial charge in [-0.25, -0.2) is 14.4 Å². The Hall–Kier alpha value is -2.49. The number of ether oxygens (including phenoxy) is 6. The second-order valence-electron chi connectivity index (χ2n) is 18.6. The Morgan fingerprint density at radius 3 is 1.07 bits per heavy atom. The van der Waals surface area contributed by atoms with E-state index < -0.39 is 0 Å². The molecular formula is C46H68O9. The Morgan fingerprint density at radius 2 is 0.818 bits per heavy atom. The van der Waals surface area contributed by atoms with E-state index in [-0.39, 0.29) is 34.7 Å². The Kier molecular flexibility index (Phi) is 12.7. The van der Waals surface area contributed by atoms with Gasteiger partial charge in [0.15, 0.2) is 0 Å². The van der Waals surface area contributed by atoms with Crippen LogP contribution in [0.3, 0.4) is 0 Å². The highest BCUT2D eigenvalue weighted by molar-refractivity contribution is 5.87. The van der Waals surface area contributed by atoms with Gasteiger partial charge in [0, 0.05) is 35.0 Å². The maximum Gasteiger partial charge on any atom is 0.333 e. The lowest BCUT2D eigenvalue weighted by atomic mass is 9.69. The maximum absolute atomic E-state index is 12.0. The van der Waals surface area contributed by atoms with Crippen LogP contribution < -0.4 is 0 Å². The molecule has 306 valence electrons. The van der Waals surface area contributed by atoms with E-state index in [2.05, 4.69) is 19.7 Å². The zero-order valence-corrected chi connectivity index (χ0v) is 33.8. The molecule has 9 heteroatoms. The fourth-order valence-electron chi connectivity index (χ4n) is 12.3. The summed E-state index contributed by atoms with van der Waals surface area (Å²) in [6.45, 7) is 14.4. The number of hydrogen-bond donors (Lipinski definition) is 0. The van der Waals surface area contributed by atoms with Crippen molar-refractivity contribution in [1.29, 1.82) is 0 Å². The van der Waals surface area contributed by atoms with Gasteiger partial charge in [0.05, 0.1) is 36.6 Å². The quantitative estimate of drug-likeness (QED) is 0.129. The molecule has 0 aromatic carbocycles. The van der Waals surface area contributed by atoms with Crippen molar-refractivity contribution in [2.45, 2.75) is 215 Å². The number of carbonyl (C=O) groups excluding carboxylic acids is 3. The van der Waals surface area contributed by atoms with Crippen molar-refractivity contribution in [2.75, 3.05) is 0 Å². The molecule has 9 unspecified atom stereocenters. The SMILES string of the molecule is C=C(C)C(=O)OC1(C2CC3CCC2O3)CCCC1.C=C(C)C(=O)OC1(C2CC3CCC2O3)CCCCC1.C=CC(=O)OC1(C2CC3CCC2O3)CCCCC1. The molecule has 55 heavy (non-hydrogen) atoms. The number of fused-ring (bicyclic) bond motifs is 6. The van der Waals surface area contributed by atoms with Gasteiger partial charge >= 0.3 is 17.9 Å². The molecular weight excluding hydrogens is 696 g/mol. The standard InChI is InChI=1S/C16H24O3.2C15H22O3/c1-11(2)15(17)19-16(8-4-3-5-9-16)13-10-12-6-7-14(13)18-12;1-10(2)14(16)18-15(7-3-4-8-15)12-9-11-5-6-13(12)17-11;1-2-14(16)18-15(8-4-3-5-9-15)12-10-11-6-7-13(12)17-11/h12-14H,1,3-10H2,2H3;11-13H,1,3-9H2,2H3;2,11-13H,1,3-10H2. The molecule has 0 aromatic rings. The predicted octanol–water partition coefficient (Wildman–Crippen LogP) is 9.35. The molecule has 9 fully saturated rings. The molecule has 9 atom stereocenters. The average Bonchev–Trinajstić information content (AvgIpc) is 4.06. The van der Waals surface area contributed by atoms with Gasteiger partial charge in [-0.3, -0.25) is 0 Å². The molecule has 6 bridgehead atoms. The van der Waals surface area contributed by atoms with Crippen molar-refractivity contribution < 1.29 is 42.8 Å². The van der Waals surface area contributed by atoms with Crippen molar-refractivity contribution in [1.82, 2.24) is 0 Å². The summed E-state index contributed by atoms with van der Waals surface area (Å²) in [4.78, 5) is 35.6. The summed E-state index contributed by atoms with van der Waals surface area (Å²) in [5.41, 5.74) is 0.229. The van der Waals surface area contributed by atoms with E-state index in [0.717, 1.165) is 116 Å². The van der Waals surface area contributed by atoms with Crippen LogP contribution in [0.2, 0.25) is 0 Å². The van der Waals surface area contributed by atoms with E-state index in [1.54, 1.807) is 13.8 Å². The Labute approximate surface area is 329 Å². The van der Waals surface area contributed by atoms with Gasteiger partial charge in [0.1, 0.15) is 16.8 Å². The lowest BCUT2D eigenvalue weighted by molar-refractivity contribution is -0.170. The van der Waals surface area contributed by atoms with E-state index >= 15 is 0 Å². The number of carbonyl (C=O) groups is 3. The highest BCUT2D eigenvalue weighted by atomic mass is 16.6. The molecule has 9 rings (SSSR count). The Bertz CT molecular complexity index is 1430. The molecule has 6 aliphatic heterocycles. The molecule has 0 radical (unpaired) electrons. The van der Waals surface area contributed by atoms with Crippen LogP contribution in [0, 0.1) is 17.8 Å². The van der Waals surface area contributed by atoms with Gasteiger partial charge in [-0.15, -0.1) is 0 Å². The zero-order valence-electron chi connectivity index (χ0n) is 33.8. The summed E-state index contributed by atoms with van der Waals surface area (Å²) in [6.07, 6.45) is 29.3. The van der Waals surface area contributed by atoms with Crippen LogP contribution in [0.5, 0.6) is 0 Å². The molecule has 9 aliphatic rings. The molecule has 0 aromatic heterocycles. The minimum absolute atomic E-state index is 0.218. The molecule has 0 spiro atoms. The third-order valence-electron chi connectivity index (χ3n) is 15.0. The van der Waals surface area contributed by atoms with Crippen molar-refractivity contribution >= 4 is 17.9 Å². The summed E-state index contributed by atoms with van der Waals surface area (Å²) in [5, 5.41) is 0. The monoisotopic (exact) mass is 764 g/mol. The maximum atomic E-state index is 12.0. The second kappa shape index (κ2) is 17.2. The van der Waals surface area contributed by atoms with E-state index in [1.165, 1.54) is 38.2 Å². The average molecular weight is 765 g/mol. The van der Waals surface area contributed by atoms with Gasteiger partial charge in [0.25, 0.3) is 0 Å². The van der Waals surface area contributed by atoms with Crippen molar-refractivity contribution in [2.24, 2.45) is 17.8 Å². The fraction of sp³-hybridized carbons (Fsp3) is 0.804. The first kappa shape index (κ1) is 40.7. The normalized spacial score (nSPS) is 36.8. The van der Waals surface area contributed by atoms with E-state index in [0.29, 0.717) is 65.5 Å². The van der Waals surface area contributed by atoms with Gasteiger partial charge in [-0.05, 0) is 149 Å². The smallest absolute Gasteiger partial charge is 0.333 e. The fourth-order valence-corrected chi connectivity index (χ4v) is 12.3. The van der Waals surface area contributed by atoms with Gasteiger partial charge in [0.2, 0.25) is 0 Å². The van der Waals surface area contributed by atoms with Gasteiger partial charge < -0.3 is 28.4 Å². The van der Waals surface area contributed by atoms with Crippen LogP contribution >= 0.6 is 0 Å².